The predicted octanol–water partition coefficient (Wildman–Crippen LogP) is 3.50. The molecule has 0 spiro atoms. The van der Waals surface area contributed by atoms with Crippen molar-refractivity contribution in [1.29, 1.82) is 0 Å². The van der Waals surface area contributed by atoms with Gasteiger partial charge in [-0.05, 0) is 31.0 Å². The Labute approximate surface area is 106 Å². The third-order valence-electron chi connectivity index (χ3n) is 2.74. The molecule has 1 heterocycles. The third-order valence-corrected chi connectivity index (χ3v) is 3.59. The van der Waals surface area contributed by atoms with Crippen molar-refractivity contribution in [3.63, 3.8) is 0 Å². The summed E-state index contributed by atoms with van der Waals surface area (Å²) < 4.78 is 1.18. The van der Waals surface area contributed by atoms with Gasteiger partial charge in [-0.15, -0.1) is 0 Å². The number of hydrogen-bond donors (Lipinski definition) is 1. The van der Waals surface area contributed by atoms with Gasteiger partial charge < -0.3 is 10.6 Å². The maximum Gasteiger partial charge on any atom is 0.181 e. The predicted molar refractivity (Wildman–Crippen MR) is 76.8 cm³/mol. The van der Waals surface area contributed by atoms with Crippen LogP contribution in [0.2, 0.25) is 0 Å². The molecule has 1 aromatic carbocycles. The fourth-order valence-electron chi connectivity index (χ4n) is 2.04. The van der Waals surface area contributed by atoms with Crippen LogP contribution in [-0.2, 0) is 0 Å². The number of hydrogen-bond acceptors (Lipinski definition) is 4. The highest BCUT2D eigenvalue weighted by atomic mass is 32.1. The van der Waals surface area contributed by atoms with Crippen LogP contribution in [0.25, 0.3) is 10.2 Å². The Hall–Kier alpha value is -1.29. The second-order valence-electron chi connectivity index (χ2n) is 4.19. The summed E-state index contributed by atoms with van der Waals surface area (Å²) in [6.07, 6.45) is 2.34. The lowest BCUT2D eigenvalue weighted by Gasteiger charge is -2.23. The minimum atomic E-state index is 0.648. The van der Waals surface area contributed by atoms with Gasteiger partial charge in [0.25, 0.3) is 0 Å². The summed E-state index contributed by atoms with van der Waals surface area (Å²) >= 11 is 1.56. The van der Waals surface area contributed by atoms with E-state index >= 15 is 0 Å². The van der Waals surface area contributed by atoms with Gasteiger partial charge in [-0.2, -0.15) is 0 Å². The van der Waals surface area contributed by atoms with Crippen LogP contribution >= 0.6 is 11.3 Å². The summed E-state index contributed by atoms with van der Waals surface area (Å²) in [7, 11) is 0. The summed E-state index contributed by atoms with van der Waals surface area (Å²) in [4.78, 5) is 6.71. The zero-order valence-corrected chi connectivity index (χ0v) is 11.3. The maximum atomic E-state index is 5.73. The molecule has 0 saturated heterocycles. The number of benzene rings is 1. The Morgan fingerprint density at radius 1 is 1.24 bits per heavy atom. The standard InChI is InChI=1S/C13H19N3S/c1-3-7-16(8-4-2)10-5-6-11-12(9-10)17-13(14)15-11/h5-6,9H,3-4,7-8H2,1-2H3,(H2,14,15). The lowest BCUT2D eigenvalue weighted by molar-refractivity contribution is 0.745. The molecular weight excluding hydrogens is 230 g/mol. The largest absolute Gasteiger partial charge is 0.375 e. The zero-order valence-electron chi connectivity index (χ0n) is 10.4. The van der Waals surface area contributed by atoms with Gasteiger partial charge in [0, 0.05) is 18.8 Å². The molecule has 2 aromatic rings. The van der Waals surface area contributed by atoms with Crippen molar-refractivity contribution >= 4 is 32.4 Å². The first kappa shape index (κ1) is 12.2. The van der Waals surface area contributed by atoms with Gasteiger partial charge >= 0.3 is 0 Å². The molecule has 2 N–H and O–H groups in total. The van der Waals surface area contributed by atoms with Gasteiger partial charge in [-0.1, -0.05) is 25.2 Å². The molecule has 0 unspecified atom stereocenters. The molecular formula is C13H19N3S. The average molecular weight is 249 g/mol. The van der Waals surface area contributed by atoms with E-state index in [4.69, 9.17) is 5.73 Å². The van der Waals surface area contributed by atoms with E-state index in [1.54, 1.807) is 11.3 Å². The van der Waals surface area contributed by atoms with Gasteiger partial charge in [0.15, 0.2) is 5.13 Å². The van der Waals surface area contributed by atoms with E-state index in [2.05, 4.69) is 41.9 Å². The Kier molecular flexibility index (Phi) is 3.84. The van der Waals surface area contributed by atoms with E-state index in [1.807, 2.05) is 0 Å². The van der Waals surface area contributed by atoms with Crippen LogP contribution in [0.4, 0.5) is 10.8 Å². The number of anilines is 2. The number of nitrogen functional groups attached to an aromatic ring is 1. The number of nitrogens with two attached hydrogens (primary N) is 1. The van der Waals surface area contributed by atoms with Crippen molar-refractivity contribution in [1.82, 2.24) is 4.98 Å². The lowest BCUT2D eigenvalue weighted by atomic mass is 10.2. The molecule has 0 aliphatic carbocycles. The van der Waals surface area contributed by atoms with Gasteiger partial charge in [0.2, 0.25) is 0 Å². The molecule has 0 aliphatic heterocycles. The topological polar surface area (TPSA) is 42.2 Å². The molecule has 0 fully saturated rings. The molecule has 92 valence electrons. The summed E-state index contributed by atoms with van der Waals surface area (Å²) in [5.41, 5.74) is 8.01. The van der Waals surface area contributed by atoms with Crippen molar-refractivity contribution < 1.29 is 0 Å². The van der Waals surface area contributed by atoms with Crippen LogP contribution in [0.3, 0.4) is 0 Å². The van der Waals surface area contributed by atoms with Crippen LogP contribution in [0.5, 0.6) is 0 Å². The molecule has 4 heteroatoms. The monoisotopic (exact) mass is 249 g/mol. The Bertz CT molecular complexity index is 486. The van der Waals surface area contributed by atoms with Crippen LogP contribution < -0.4 is 10.6 Å². The van der Waals surface area contributed by atoms with Crippen LogP contribution in [-0.4, -0.2) is 18.1 Å². The molecule has 0 aliphatic rings. The molecule has 2 rings (SSSR count). The van der Waals surface area contributed by atoms with Crippen molar-refractivity contribution in [2.75, 3.05) is 23.7 Å². The van der Waals surface area contributed by atoms with Gasteiger partial charge in [0.1, 0.15) is 0 Å². The van der Waals surface area contributed by atoms with E-state index in [0.29, 0.717) is 5.13 Å². The van der Waals surface area contributed by atoms with E-state index in [0.717, 1.165) is 18.6 Å². The zero-order chi connectivity index (χ0) is 12.3. The first-order valence-electron chi connectivity index (χ1n) is 6.15. The molecule has 1 aromatic heterocycles. The molecule has 0 saturated carbocycles. The van der Waals surface area contributed by atoms with E-state index in [1.165, 1.54) is 23.2 Å². The van der Waals surface area contributed by atoms with Crippen molar-refractivity contribution in [3.8, 4) is 0 Å². The minimum Gasteiger partial charge on any atom is -0.375 e. The quantitative estimate of drug-likeness (QED) is 0.881. The minimum absolute atomic E-state index is 0.648. The number of aromatic nitrogens is 1. The van der Waals surface area contributed by atoms with E-state index < -0.39 is 0 Å². The number of thiazole rings is 1. The van der Waals surface area contributed by atoms with E-state index in [-0.39, 0.29) is 0 Å². The third kappa shape index (κ3) is 2.69. The fourth-order valence-corrected chi connectivity index (χ4v) is 2.80. The van der Waals surface area contributed by atoms with Crippen molar-refractivity contribution in [2.45, 2.75) is 26.7 Å². The molecule has 0 amide bonds. The molecule has 0 radical (unpaired) electrons. The lowest BCUT2D eigenvalue weighted by Crippen LogP contribution is -2.24. The van der Waals surface area contributed by atoms with Crippen LogP contribution in [0.15, 0.2) is 18.2 Å². The van der Waals surface area contributed by atoms with Gasteiger partial charge in [-0.25, -0.2) is 4.98 Å². The SMILES string of the molecule is CCCN(CCC)c1ccc2nc(N)sc2c1. The summed E-state index contributed by atoms with van der Waals surface area (Å²) in [5.74, 6) is 0. The van der Waals surface area contributed by atoms with Crippen molar-refractivity contribution in [2.24, 2.45) is 0 Å². The second-order valence-corrected chi connectivity index (χ2v) is 5.25. The highest BCUT2D eigenvalue weighted by molar-refractivity contribution is 7.22. The molecule has 3 nitrogen and oxygen atoms in total. The fraction of sp³-hybridized carbons (Fsp3) is 0.462. The summed E-state index contributed by atoms with van der Waals surface area (Å²) in [6, 6.07) is 6.41. The summed E-state index contributed by atoms with van der Waals surface area (Å²) in [6.45, 7) is 6.64. The normalized spacial score (nSPS) is 10.9. The number of rotatable bonds is 5. The van der Waals surface area contributed by atoms with Crippen LogP contribution in [0, 0.1) is 0 Å². The van der Waals surface area contributed by atoms with Gasteiger partial charge in [0.05, 0.1) is 10.2 Å². The van der Waals surface area contributed by atoms with Crippen molar-refractivity contribution in [3.05, 3.63) is 18.2 Å². The first-order chi connectivity index (χ1) is 8.24. The molecule has 0 atom stereocenters. The highest BCUT2D eigenvalue weighted by Crippen LogP contribution is 2.28. The average Bonchev–Trinajstić information content (AvgIpc) is 2.67. The maximum absolute atomic E-state index is 5.73. The second kappa shape index (κ2) is 5.36. The number of nitrogens with zero attached hydrogens (tertiary/aromatic N) is 2. The molecule has 0 bridgehead atoms. The highest BCUT2D eigenvalue weighted by Gasteiger charge is 2.07. The van der Waals surface area contributed by atoms with Gasteiger partial charge in [-0.3, -0.25) is 0 Å². The van der Waals surface area contributed by atoms with Crippen LogP contribution in [0.1, 0.15) is 26.7 Å². The first-order valence-corrected chi connectivity index (χ1v) is 6.97. The summed E-state index contributed by atoms with van der Waals surface area (Å²) in [5, 5.41) is 0.648. The molecule has 17 heavy (non-hydrogen) atoms. The Morgan fingerprint density at radius 2 is 1.94 bits per heavy atom. The Balaban J connectivity index is 2.32. The number of fused-ring (bicyclic) bond motifs is 1. The van der Waals surface area contributed by atoms with E-state index in [9.17, 15) is 0 Å². The smallest absolute Gasteiger partial charge is 0.181 e. The Morgan fingerprint density at radius 3 is 2.59 bits per heavy atom.